The van der Waals surface area contributed by atoms with Crippen LogP contribution in [-0.2, 0) is 6.42 Å². The summed E-state index contributed by atoms with van der Waals surface area (Å²) in [7, 11) is 0. The van der Waals surface area contributed by atoms with Gasteiger partial charge >= 0.3 is 0 Å². The van der Waals surface area contributed by atoms with Crippen LogP contribution in [0.5, 0.6) is 0 Å². The average Bonchev–Trinajstić information content (AvgIpc) is 3.11. The second-order valence-corrected chi connectivity index (χ2v) is 7.90. The normalized spacial score (nSPS) is 11.9. The van der Waals surface area contributed by atoms with Crippen LogP contribution in [-0.4, -0.2) is 5.16 Å². The Morgan fingerprint density at radius 2 is 1.70 bits per heavy atom. The SMILES string of the molecule is CCC(C)Cc1ccc(-c2cc(F)c(-c3ccc(N=C=S)cc3)c(F)c2)s1. The molecule has 0 amide bonds. The fraction of sp³-hybridized carbons (Fsp3) is 0.227. The molecule has 3 rings (SSSR count). The predicted octanol–water partition coefficient (Wildman–Crippen LogP) is 7.68. The summed E-state index contributed by atoms with van der Waals surface area (Å²) < 4.78 is 29.4. The third-order valence-corrected chi connectivity index (χ3v) is 5.81. The minimum atomic E-state index is -0.576. The zero-order valence-electron chi connectivity index (χ0n) is 15.1. The van der Waals surface area contributed by atoms with Gasteiger partial charge in [-0.1, -0.05) is 32.4 Å². The van der Waals surface area contributed by atoms with Crippen LogP contribution < -0.4 is 0 Å². The van der Waals surface area contributed by atoms with Crippen molar-refractivity contribution in [1.29, 1.82) is 0 Å². The predicted molar refractivity (Wildman–Crippen MR) is 113 cm³/mol. The summed E-state index contributed by atoms with van der Waals surface area (Å²) in [5.41, 5.74) is 1.59. The summed E-state index contributed by atoms with van der Waals surface area (Å²) >= 11 is 6.15. The first-order chi connectivity index (χ1) is 13.0. The van der Waals surface area contributed by atoms with Gasteiger partial charge in [-0.2, -0.15) is 4.99 Å². The minimum Gasteiger partial charge on any atom is -0.206 e. The lowest BCUT2D eigenvalue weighted by Crippen LogP contribution is -1.94. The third kappa shape index (κ3) is 4.56. The van der Waals surface area contributed by atoms with E-state index in [1.807, 2.05) is 12.1 Å². The maximum atomic E-state index is 14.7. The number of benzene rings is 2. The van der Waals surface area contributed by atoms with Gasteiger partial charge in [-0.25, -0.2) is 8.78 Å². The molecule has 0 saturated heterocycles. The van der Waals surface area contributed by atoms with Gasteiger partial charge in [0.05, 0.1) is 16.4 Å². The molecule has 3 aromatic rings. The number of thiocarbonyl (C=S) groups is 1. The Morgan fingerprint density at radius 1 is 1.04 bits per heavy atom. The minimum absolute atomic E-state index is 0.0342. The summed E-state index contributed by atoms with van der Waals surface area (Å²) in [6, 6.07) is 13.4. The number of nitrogens with zero attached hydrogens (tertiary/aromatic N) is 1. The van der Waals surface area contributed by atoms with Crippen molar-refractivity contribution in [3.63, 3.8) is 0 Å². The van der Waals surface area contributed by atoms with Gasteiger partial charge < -0.3 is 0 Å². The van der Waals surface area contributed by atoms with E-state index in [4.69, 9.17) is 0 Å². The van der Waals surface area contributed by atoms with Crippen molar-refractivity contribution in [1.82, 2.24) is 0 Å². The number of rotatable bonds is 6. The Labute approximate surface area is 167 Å². The lowest BCUT2D eigenvalue weighted by Gasteiger charge is -2.08. The Balaban J connectivity index is 1.92. The van der Waals surface area contributed by atoms with Crippen LogP contribution in [0.4, 0.5) is 14.5 Å². The first-order valence-corrected chi connectivity index (χ1v) is 10.0. The maximum Gasteiger partial charge on any atom is 0.134 e. The summed E-state index contributed by atoms with van der Waals surface area (Å²) in [5, 5.41) is 2.27. The maximum absolute atomic E-state index is 14.7. The van der Waals surface area contributed by atoms with Crippen LogP contribution in [0.1, 0.15) is 25.1 Å². The second kappa shape index (κ2) is 8.66. The topological polar surface area (TPSA) is 12.4 Å². The van der Waals surface area contributed by atoms with E-state index >= 15 is 0 Å². The monoisotopic (exact) mass is 399 g/mol. The molecule has 1 nitrogen and oxygen atoms in total. The molecule has 138 valence electrons. The van der Waals surface area contributed by atoms with Crippen LogP contribution in [0.2, 0.25) is 0 Å². The van der Waals surface area contributed by atoms with E-state index in [1.54, 1.807) is 35.6 Å². The van der Waals surface area contributed by atoms with Crippen molar-refractivity contribution in [3.05, 3.63) is 65.0 Å². The third-order valence-electron chi connectivity index (χ3n) is 4.57. The quantitative estimate of drug-likeness (QED) is 0.306. The number of aliphatic imine (C=N–C) groups is 1. The molecule has 0 saturated carbocycles. The van der Waals surface area contributed by atoms with E-state index in [1.165, 1.54) is 17.0 Å². The molecule has 1 heterocycles. The Kier molecular flexibility index (Phi) is 6.27. The van der Waals surface area contributed by atoms with Gasteiger partial charge in [0, 0.05) is 9.75 Å². The van der Waals surface area contributed by atoms with Gasteiger partial charge in [0.2, 0.25) is 0 Å². The Hall–Kier alpha value is -2.20. The fourth-order valence-electron chi connectivity index (χ4n) is 2.88. The van der Waals surface area contributed by atoms with E-state index in [0.29, 0.717) is 22.7 Å². The highest BCUT2D eigenvalue weighted by molar-refractivity contribution is 7.78. The van der Waals surface area contributed by atoms with Crippen molar-refractivity contribution in [3.8, 4) is 21.6 Å². The van der Waals surface area contributed by atoms with E-state index in [9.17, 15) is 8.78 Å². The van der Waals surface area contributed by atoms with E-state index in [-0.39, 0.29) is 5.56 Å². The molecule has 0 bridgehead atoms. The highest BCUT2D eigenvalue weighted by Gasteiger charge is 2.15. The summed E-state index contributed by atoms with van der Waals surface area (Å²) in [5.74, 6) is -0.557. The summed E-state index contributed by atoms with van der Waals surface area (Å²) in [6.45, 7) is 4.37. The van der Waals surface area contributed by atoms with Crippen molar-refractivity contribution in [2.45, 2.75) is 26.7 Å². The largest absolute Gasteiger partial charge is 0.206 e. The Bertz CT molecular complexity index is 963. The molecule has 1 atom stereocenters. The van der Waals surface area contributed by atoms with Crippen LogP contribution in [0, 0.1) is 17.6 Å². The standard InChI is InChI=1S/C22H19F2NS2/c1-3-14(2)10-18-8-9-21(27-18)16-11-19(23)22(20(24)12-16)15-4-6-17(7-5-15)25-13-26/h4-9,11-12,14H,3,10H2,1-2H3. The molecule has 0 radical (unpaired) electrons. The second-order valence-electron chi connectivity index (χ2n) is 6.55. The number of hydrogen-bond acceptors (Lipinski definition) is 3. The first-order valence-electron chi connectivity index (χ1n) is 8.78. The summed E-state index contributed by atoms with van der Waals surface area (Å²) in [4.78, 5) is 5.96. The van der Waals surface area contributed by atoms with Crippen LogP contribution in [0.25, 0.3) is 21.6 Å². The van der Waals surface area contributed by atoms with Crippen LogP contribution in [0.3, 0.4) is 0 Å². The van der Waals surface area contributed by atoms with Gasteiger partial charge in [0.25, 0.3) is 0 Å². The van der Waals surface area contributed by atoms with Crippen molar-refractivity contribution < 1.29 is 8.78 Å². The molecule has 1 aromatic heterocycles. The molecule has 0 spiro atoms. The van der Waals surface area contributed by atoms with Crippen molar-refractivity contribution >= 4 is 34.4 Å². The van der Waals surface area contributed by atoms with Gasteiger partial charge in [-0.3, -0.25) is 0 Å². The molecule has 2 aromatic carbocycles. The van der Waals surface area contributed by atoms with E-state index in [2.05, 4.69) is 36.2 Å². The molecule has 5 heteroatoms. The van der Waals surface area contributed by atoms with Crippen LogP contribution >= 0.6 is 23.6 Å². The average molecular weight is 400 g/mol. The lowest BCUT2D eigenvalue weighted by molar-refractivity contribution is 0.565. The highest BCUT2D eigenvalue weighted by atomic mass is 32.1. The number of halogens is 2. The van der Waals surface area contributed by atoms with E-state index < -0.39 is 11.6 Å². The molecular formula is C22H19F2NS2. The smallest absolute Gasteiger partial charge is 0.134 e. The molecule has 0 N–H and O–H groups in total. The molecule has 1 unspecified atom stereocenters. The van der Waals surface area contributed by atoms with Gasteiger partial charge in [0.15, 0.2) is 0 Å². The molecule has 0 aliphatic rings. The molecule has 0 aliphatic heterocycles. The zero-order valence-corrected chi connectivity index (χ0v) is 16.8. The highest BCUT2D eigenvalue weighted by Crippen LogP contribution is 2.35. The Morgan fingerprint density at radius 3 is 2.30 bits per heavy atom. The van der Waals surface area contributed by atoms with E-state index in [0.717, 1.165) is 17.7 Å². The van der Waals surface area contributed by atoms with Crippen molar-refractivity contribution in [2.75, 3.05) is 0 Å². The number of thiophene rings is 1. The van der Waals surface area contributed by atoms with Gasteiger partial charge in [0.1, 0.15) is 11.6 Å². The summed E-state index contributed by atoms with van der Waals surface area (Å²) in [6.07, 6.45) is 2.10. The molecule has 0 fully saturated rings. The van der Waals surface area contributed by atoms with Crippen molar-refractivity contribution in [2.24, 2.45) is 10.9 Å². The van der Waals surface area contributed by atoms with Gasteiger partial charge in [-0.05, 0) is 72.1 Å². The number of hydrogen-bond donors (Lipinski definition) is 0. The molecular weight excluding hydrogens is 380 g/mol. The van der Waals surface area contributed by atoms with Gasteiger partial charge in [-0.15, -0.1) is 11.3 Å². The van der Waals surface area contributed by atoms with Crippen LogP contribution in [0.15, 0.2) is 53.5 Å². The number of isothiocyanates is 1. The fourth-order valence-corrected chi connectivity index (χ4v) is 4.14. The first kappa shape index (κ1) is 19.6. The lowest BCUT2D eigenvalue weighted by atomic mass is 10.0. The zero-order chi connectivity index (χ0) is 19.4. The molecule has 0 aliphatic carbocycles. The molecule has 27 heavy (non-hydrogen) atoms.